The third-order valence-electron chi connectivity index (χ3n) is 3.02. The van der Waals surface area contributed by atoms with Gasteiger partial charge in [-0.25, -0.2) is 4.79 Å². The van der Waals surface area contributed by atoms with Gasteiger partial charge in [-0.3, -0.25) is 0 Å². The van der Waals surface area contributed by atoms with Crippen LogP contribution in [-0.2, 0) is 0 Å². The number of hydrogen-bond acceptors (Lipinski definition) is 1. The molecule has 0 aliphatic carbocycles. The maximum atomic E-state index is 11.1. The van der Waals surface area contributed by atoms with Crippen LogP contribution >= 0.6 is 0 Å². The molecule has 2 aromatic carbocycles. The minimum Gasteiger partial charge on any atom is -0.478 e. The standard InChI is InChI=1S/C16H16O2/c1-10-4-5-15(12(3)6-10)13-7-11(2)8-14(9-13)16(17)18/h4-9H,1-3H3,(H,17,18). The van der Waals surface area contributed by atoms with Crippen molar-refractivity contribution in [2.75, 3.05) is 0 Å². The Kier molecular flexibility index (Phi) is 3.19. The van der Waals surface area contributed by atoms with Crippen LogP contribution < -0.4 is 0 Å². The van der Waals surface area contributed by atoms with Gasteiger partial charge in [-0.05, 0) is 55.2 Å². The van der Waals surface area contributed by atoms with Gasteiger partial charge < -0.3 is 5.11 Å². The molecule has 2 aromatic rings. The predicted octanol–water partition coefficient (Wildman–Crippen LogP) is 3.98. The van der Waals surface area contributed by atoms with Gasteiger partial charge in [0.15, 0.2) is 0 Å². The molecule has 2 nitrogen and oxygen atoms in total. The van der Waals surface area contributed by atoms with Crippen molar-refractivity contribution in [2.24, 2.45) is 0 Å². The molecule has 0 aromatic heterocycles. The molecule has 0 heterocycles. The summed E-state index contributed by atoms with van der Waals surface area (Å²) < 4.78 is 0. The van der Waals surface area contributed by atoms with E-state index in [2.05, 4.69) is 13.0 Å². The summed E-state index contributed by atoms with van der Waals surface area (Å²) in [5, 5.41) is 9.09. The fourth-order valence-electron chi connectivity index (χ4n) is 2.20. The average Bonchev–Trinajstić information content (AvgIpc) is 2.27. The molecule has 0 radical (unpaired) electrons. The van der Waals surface area contributed by atoms with Crippen molar-refractivity contribution in [2.45, 2.75) is 20.8 Å². The van der Waals surface area contributed by atoms with E-state index >= 15 is 0 Å². The minimum atomic E-state index is -0.885. The molecule has 1 N–H and O–H groups in total. The van der Waals surface area contributed by atoms with Gasteiger partial charge in [-0.1, -0.05) is 29.8 Å². The number of carbonyl (C=O) groups is 1. The van der Waals surface area contributed by atoms with E-state index in [1.807, 2.05) is 32.0 Å². The summed E-state index contributed by atoms with van der Waals surface area (Å²) in [4.78, 5) is 11.1. The Morgan fingerprint density at radius 3 is 2.28 bits per heavy atom. The van der Waals surface area contributed by atoms with E-state index in [0.717, 1.165) is 22.3 Å². The Balaban J connectivity index is 2.60. The van der Waals surface area contributed by atoms with E-state index in [9.17, 15) is 4.79 Å². The monoisotopic (exact) mass is 240 g/mol. The lowest BCUT2D eigenvalue weighted by Crippen LogP contribution is -1.97. The van der Waals surface area contributed by atoms with E-state index < -0.39 is 5.97 Å². The molecular weight excluding hydrogens is 224 g/mol. The first-order valence-corrected chi connectivity index (χ1v) is 5.90. The van der Waals surface area contributed by atoms with Crippen molar-refractivity contribution >= 4 is 5.97 Å². The van der Waals surface area contributed by atoms with Gasteiger partial charge in [0.05, 0.1) is 5.56 Å². The second-order valence-electron chi connectivity index (χ2n) is 4.71. The highest BCUT2D eigenvalue weighted by Crippen LogP contribution is 2.26. The topological polar surface area (TPSA) is 37.3 Å². The highest BCUT2D eigenvalue weighted by Gasteiger charge is 2.08. The third kappa shape index (κ3) is 2.43. The van der Waals surface area contributed by atoms with Crippen LogP contribution in [0, 0.1) is 20.8 Å². The average molecular weight is 240 g/mol. The second-order valence-corrected chi connectivity index (χ2v) is 4.71. The first-order valence-electron chi connectivity index (χ1n) is 5.90. The van der Waals surface area contributed by atoms with Gasteiger partial charge in [0.25, 0.3) is 0 Å². The van der Waals surface area contributed by atoms with Crippen molar-refractivity contribution in [1.82, 2.24) is 0 Å². The molecule has 0 aliphatic heterocycles. The van der Waals surface area contributed by atoms with Crippen LogP contribution in [0.5, 0.6) is 0 Å². The zero-order valence-electron chi connectivity index (χ0n) is 10.8. The van der Waals surface area contributed by atoms with Gasteiger partial charge in [0.1, 0.15) is 0 Å². The third-order valence-corrected chi connectivity index (χ3v) is 3.02. The van der Waals surface area contributed by atoms with Crippen molar-refractivity contribution < 1.29 is 9.90 Å². The lowest BCUT2D eigenvalue weighted by atomic mass is 9.96. The molecule has 0 fully saturated rings. The van der Waals surface area contributed by atoms with Crippen LogP contribution in [0.3, 0.4) is 0 Å². The van der Waals surface area contributed by atoms with Gasteiger partial charge in [-0.2, -0.15) is 0 Å². The number of benzene rings is 2. The van der Waals surface area contributed by atoms with Gasteiger partial charge in [0, 0.05) is 0 Å². The van der Waals surface area contributed by atoms with Crippen molar-refractivity contribution in [3.8, 4) is 11.1 Å². The summed E-state index contributed by atoms with van der Waals surface area (Å²) in [6.07, 6.45) is 0. The van der Waals surface area contributed by atoms with Crippen molar-refractivity contribution in [3.63, 3.8) is 0 Å². The fraction of sp³-hybridized carbons (Fsp3) is 0.188. The van der Waals surface area contributed by atoms with Gasteiger partial charge in [0.2, 0.25) is 0 Å². The number of aromatic carboxylic acids is 1. The van der Waals surface area contributed by atoms with E-state index in [1.165, 1.54) is 5.56 Å². The zero-order valence-corrected chi connectivity index (χ0v) is 10.8. The molecule has 2 heteroatoms. The highest BCUT2D eigenvalue weighted by atomic mass is 16.4. The molecule has 0 atom stereocenters. The van der Waals surface area contributed by atoms with Crippen molar-refractivity contribution in [1.29, 1.82) is 0 Å². The molecule has 0 saturated carbocycles. The summed E-state index contributed by atoms with van der Waals surface area (Å²) in [5.74, 6) is -0.885. The fourth-order valence-corrected chi connectivity index (χ4v) is 2.20. The smallest absolute Gasteiger partial charge is 0.335 e. The number of carboxylic acid groups (broad SMARTS) is 1. The summed E-state index contributed by atoms with van der Waals surface area (Å²) in [7, 11) is 0. The van der Waals surface area contributed by atoms with Gasteiger partial charge >= 0.3 is 5.97 Å². The van der Waals surface area contributed by atoms with Gasteiger partial charge in [-0.15, -0.1) is 0 Å². The quantitative estimate of drug-likeness (QED) is 0.862. The summed E-state index contributed by atoms with van der Waals surface area (Å²) in [6.45, 7) is 6.01. The van der Waals surface area contributed by atoms with Crippen LogP contribution in [0.25, 0.3) is 11.1 Å². The molecule has 0 unspecified atom stereocenters. The molecule has 18 heavy (non-hydrogen) atoms. The molecular formula is C16H16O2. The molecule has 2 rings (SSSR count). The number of aryl methyl sites for hydroxylation is 3. The number of carboxylic acids is 1. The molecule has 92 valence electrons. The number of hydrogen-bond donors (Lipinski definition) is 1. The predicted molar refractivity (Wildman–Crippen MR) is 73.0 cm³/mol. The number of rotatable bonds is 2. The largest absolute Gasteiger partial charge is 0.478 e. The summed E-state index contributed by atoms with van der Waals surface area (Å²) >= 11 is 0. The maximum Gasteiger partial charge on any atom is 0.335 e. The Bertz CT molecular complexity index is 612. The lowest BCUT2D eigenvalue weighted by Gasteiger charge is -2.09. The normalized spacial score (nSPS) is 10.4. The van der Waals surface area contributed by atoms with Crippen LogP contribution in [0.15, 0.2) is 36.4 Å². The van der Waals surface area contributed by atoms with Crippen LogP contribution in [0.4, 0.5) is 0 Å². The Morgan fingerprint density at radius 1 is 0.944 bits per heavy atom. The molecule has 0 aliphatic rings. The lowest BCUT2D eigenvalue weighted by molar-refractivity contribution is 0.0697. The van der Waals surface area contributed by atoms with E-state index in [4.69, 9.17) is 5.11 Å². The molecule has 0 bridgehead atoms. The van der Waals surface area contributed by atoms with Crippen molar-refractivity contribution in [3.05, 3.63) is 58.7 Å². The van der Waals surface area contributed by atoms with Crippen LogP contribution in [0.1, 0.15) is 27.0 Å². The Labute approximate surface area is 107 Å². The maximum absolute atomic E-state index is 11.1. The summed E-state index contributed by atoms with van der Waals surface area (Å²) in [5.41, 5.74) is 5.73. The second kappa shape index (κ2) is 4.65. The minimum absolute atomic E-state index is 0.338. The first-order chi connectivity index (χ1) is 8.47. The Morgan fingerprint density at radius 2 is 1.67 bits per heavy atom. The molecule has 0 saturated heterocycles. The molecule has 0 amide bonds. The van der Waals surface area contributed by atoms with E-state index in [0.29, 0.717) is 5.56 Å². The summed E-state index contributed by atoms with van der Waals surface area (Å²) in [6, 6.07) is 11.6. The zero-order chi connectivity index (χ0) is 13.3. The first kappa shape index (κ1) is 12.4. The van der Waals surface area contributed by atoms with Crippen LogP contribution in [0.2, 0.25) is 0 Å². The van der Waals surface area contributed by atoms with E-state index in [-0.39, 0.29) is 0 Å². The van der Waals surface area contributed by atoms with Crippen LogP contribution in [-0.4, -0.2) is 11.1 Å². The molecule has 0 spiro atoms. The SMILES string of the molecule is Cc1cc(C(=O)O)cc(-c2ccc(C)cc2C)c1. The van der Waals surface area contributed by atoms with E-state index in [1.54, 1.807) is 12.1 Å². The highest BCUT2D eigenvalue weighted by molar-refractivity contribution is 5.90. The Hall–Kier alpha value is -2.09.